The molecule has 4 aromatic rings. The number of fused-ring (bicyclic) bond motifs is 2. The topological polar surface area (TPSA) is 119 Å². The molecule has 5 rings (SSSR count). The van der Waals surface area contributed by atoms with Crippen LogP contribution in [-0.2, 0) is 4.79 Å². The Hall–Kier alpha value is -4.31. The maximum absolute atomic E-state index is 13.5. The molecule has 0 fully saturated rings. The summed E-state index contributed by atoms with van der Waals surface area (Å²) >= 11 is 1.14. The number of anilines is 2. The van der Waals surface area contributed by atoms with Crippen LogP contribution in [0.2, 0.25) is 0 Å². The van der Waals surface area contributed by atoms with Crippen LogP contribution in [0, 0.1) is 20.8 Å². The summed E-state index contributed by atoms with van der Waals surface area (Å²) in [5, 5.41) is 5.96. The van der Waals surface area contributed by atoms with Crippen LogP contribution in [-0.4, -0.2) is 33.3 Å². The number of hydrogen-bond donors (Lipinski definition) is 2. The Bertz CT molecular complexity index is 1700. The first kappa shape index (κ1) is 25.3. The maximum atomic E-state index is 13.5. The second kappa shape index (κ2) is 9.53. The first-order chi connectivity index (χ1) is 18.0. The van der Waals surface area contributed by atoms with Crippen molar-refractivity contribution in [1.82, 2.24) is 9.55 Å². The van der Waals surface area contributed by atoms with Gasteiger partial charge in [0.05, 0.1) is 28.3 Å². The summed E-state index contributed by atoms with van der Waals surface area (Å²) in [7, 11) is 0. The number of carbonyl (C=O) groups excluding carboxylic acids is 3. The highest BCUT2D eigenvalue weighted by Gasteiger charge is 2.27. The number of hydrogen-bond acceptors (Lipinski definition) is 7. The van der Waals surface area contributed by atoms with E-state index in [9.17, 15) is 19.2 Å². The van der Waals surface area contributed by atoms with E-state index < -0.39 is 17.7 Å². The lowest BCUT2D eigenvalue weighted by Crippen LogP contribution is -2.34. The number of aromatic nitrogens is 2. The summed E-state index contributed by atoms with van der Waals surface area (Å²) in [6.45, 7) is 8.87. The van der Waals surface area contributed by atoms with Gasteiger partial charge in [-0.1, -0.05) is 17.7 Å². The zero-order chi connectivity index (χ0) is 27.3. The van der Waals surface area contributed by atoms with Crippen LogP contribution in [0.5, 0.6) is 5.75 Å². The van der Waals surface area contributed by atoms with Gasteiger partial charge in [0.2, 0.25) is 0 Å². The Morgan fingerprint density at radius 3 is 2.63 bits per heavy atom. The van der Waals surface area contributed by atoms with Crippen molar-refractivity contribution >= 4 is 50.5 Å². The van der Waals surface area contributed by atoms with Crippen molar-refractivity contribution in [2.75, 3.05) is 10.6 Å². The van der Waals surface area contributed by atoms with Gasteiger partial charge in [-0.3, -0.25) is 23.7 Å². The Labute approximate surface area is 222 Å². The van der Waals surface area contributed by atoms with E-state index >= 15 is 0 Å². The normalized spacial score (nSPS) is 15.4. The summed E-state index contributed by atoms with van der Waals surface area (Å²) in [5.74, 6) is -0.474. The molecule has 2 aromatic heterocycles. The fourth-order valence-electron chi connectivity index (χ4n) is 4.49. The average Bonchev–Trinajstić information content (AvgIpc) is 3.22. The van der Waals surface area contributed by atoms with Crippen LogP contribution in [0.15, 0.2) is 47.5 Å². The van der Waals surface area contributed by atoms with E-state index in [1.807, 2.05) is 32.0 Å². The van der Waals surface area contributed by atoms with Crippen LogP contribution in [0.4, 0.5) is 11.4 Å². The van der Waals surface area contributed by atoms with Crippen molar-refractivity contribution in [3.8, 4) is 5.75 Å². The second-order valence-electron chi connectivity index (χ2n) is 9.47. The third-order valence-electron chi connectivity index (χ3n) is 6.70. The van der Waals surface area contributed by atoms with Crippen molar-refractivity contribution < 1.29 is 19.1 Å². The van der Waals surface area contributed by atoms with Gasteiger partial charge in [-0.05, 0) is 70.0 Å². The smallest absolute Gasteiger partial charge is 0.266 e. The summed E-state index contributed by atoms with van der Waals surface area (Å²) in [6.07, 6.45) is 0.709. The molecule has 0 spiro atoms. The number of ketones is 1. The number of carbonyl (C=O) groups is 3. The van der Waals surface area contributed by atoms with E-state index in [0.717, 1.165) is 22.5 Å². The largest absolute Gasteiger partial charge is 0.479 e. The van der Waals surface area contributed by atoms with Crippen LogP contribution >= 0.6 is 11.3 Å². The first-order valence-corrected chi connectivity index (χ1v) is 12.9. The van der Waals surface area contributed by atoms with Gasteiger partial charge in [-0.25, -0.2) is 4.98 Å². The van der Waals surface area contributed by atoms with E-state index in [4.69, 9.17) is 4.74 Å². The molecule has 0 aliphatic carbocycles. The number of thiophene rings is 1. The van der Waals surface area contributed by atoms with E-state index in [1.54, 1.807) is 39.0 Å². The second-order valence-corrected chi connectivity index (χ2v) is 10.5. The number of Topliss-reactive ketones (excluding diaryl/α,β-unsaturated/α-hetero) is 1. The molecule has 2 unspecified atom stereocenters. The van der Waals surface area contributed by atoms with Gasteiger partial charge in [-0.15, -0.1) is 11.3 Å². The fraction of sp³-hybridized carbons (Fsp3) is 0.250. The zero-order valence-electron chi connectivity index (χ0n) is 21.5. The van der Waals surface area contributed by atoms with Crippen molar-refractivity contribution in [3.63, 3.8) is 0 Å². The number of nitrogens with zero attached hydrogens (tertiary/aromatic N) is 2. The first-order valence-electron chi connectivity index (χ1n) is 12.1. The molecule has 10 heteroatoms. The molecule has 2 atom stereocenters. The molecule has 2 aromatic carbocycles. The van der Waals surface area contributed by atoms with Gasteiger partial charge < -0.3 is 15.4 Å². The summed E-state index contributed by atoms with van der Waals surface area (Å²) in [4.78, 5) is 57.1. The van der Waals surface area contributed by atoms with Crippen LogP contribution in [0.1, 0.15) is 56.6 Å². The Kier molecular flexibility index (Phi) is 6.36. The van der Waals surface area contributed by atoms with E-state index in [-0.39, 0.29) is 17.6 Å². The van der Waals surface area contributed by atoms with E-state index in [1.165, 1.54) is 10.9 Å². The zero-order valence-corrected chi connectivity index (χ0v) is 22.4. The molecular formula is C28H26N4O5S. The highest BCUT2D eigenvalue weighted by Crippen LogP contribution is 2.32. The predicted octanol–water partition coefficient (Wildman–Crippen LogP) is 4.80. The van der Waals surface area contributed by atoms with Gasteiger partial charge in [0.25, 0.3) is 17.4 Å². The van der Waals surface area contributed by atoms with E-state index in [0.29, 0.717) is 43.3 Å². The molecule has 1 aliphatic rings. The highest BCUT2D eigenvalue weighted by atomic mass is 32.1. The lowest BCUT2D eigenvalue weighted by Gasteiger charge is -2.24. The van der Waals surface area contributed by atoms with Gasteiger partial charge in [-0.2, -0.15) is 0 Å². The van der Waals surface area contributed by atoms with Gasteiger partial charge in [0.1, 0.15) is 10.6 Å². The molecular weight excluding hydrogens is 504 g/mol. The van der Waals surface area contributed by atoms with Crippen molar-refractivity contribution in [1.29, 1.82) is 0 Å². The Balaban J connectivity index is 1.45. The molecule has 3 heterocycles. The lowest BCUT2D eigenvalue weighted by atomic mass is 10.0. The summed E-state index contributed by atoms with van der Waals surface area (Å²) in [6, 6.07) is 9.65. The van der Waals surface area contributed by atoms with Crippen LogP contribution in [0.25, 0.3) is 10.2 Å². The number of aryl methyl sites for hydroxylation is 3. The Morgan fingerprint density at radius 1 is 1.13 bits per heavy atom. The van der Waals surface area contributed by atoms with Gasteiger partial charge in [0, 0.05) is 11.3 Å². The summed E-state index contributed by atoms with van der Waals surface area (Å²) in [5.41, 5.74) is 3.56. The van der Waals surface area contributed by atoms with Crippen molar-refractivity contribution in [3.05, 3.63) is 80.2 Å². The molecule has 0 saturated heterocycles. The number of ether oxygens (including phenoxy) is 1. The summed E-state index contributed by atoms with van der Waals surface area (Å²) < 4.78 is 6.83. The maximum Gasteiger partial charge on any atom is 0.266 e. The number of nitrogens with one attached hydrogen (secondary N) is 2. The third-order valence-corrected chi connectivity index (χ3v) is 7.90. The molecule has 2 amide bonds. The molecule has 0 radical (unpaired) electrons. The number of amides is 2. The molecule has 38 heavy (non-hydrogen) atoms. The van der Waals surface area contributed by atoms with Crippen molar-refractivity contribution in [2.24, 2.45) is 0 Å². The van der Waals surface area contributed by atoms with E-state index in [2.05, 4.69) is 15.6 Å². The number of benzene rings is 2. The third kappa shape index (κ3) is 4.37. The predicted molar refractivity (Wildman–Crippen MR) is 147 cm³/mol. The minimum atomic E-state index is -0.872. The average molecular weight is 531 g/mol. The molecule has 2 N–H and O–H groups in total. The van der Waals surface area contributed by atoms with Crippen LogP contribution < -0.4 is 20.9 Å². The minimum Gasteiger partial charge on any atom is -0.479 e. The van der Waals surface area contributed by atoms with Gasteiger partial charge >= 0.3 is 0 Å². The molecule has 9 nitrogen and oxygen atoms in total. The van der Waals surface area contributed by atoms with Gasteiger partial charge in [0.15, 0.2) is 11.9 Å². The molecule has 0 bridgehead atoms. The molecule has 194 valence electrons. The molecule has 1 aliphatic heterocycles. The molecule has 0 saturated carbocycles. The minimum absolute atomic E-state index is 0.300. The standard InChI is InChI=1S/C28H26N4O5S/c1-13-6-8-19(14(2)10-13)30-26(35)24-15(3)22-27(38-24)29-12-32(28(22)36)16(4)23(33)18-7-9-21-20(11-18)31-25(34)17(5)37-21/h6-12,16-17H,1-5H3,(H,30,35)(H,31,34). The van der Waals surface area contributed by atoms with Crippen LogP contribution in [0.3, 0.4) is 0 Å². The fourth-order valence-corrected chi connectivity index (χ4v) is 5.53. The monoisotopic (exact) mass is 530 g/mol. The number of rotatable bonds is 5. The lowest BCUT2D eigenvalue weighted by molar-refractivity contribution is -0.122. The van der Waals surface area contributed by atoms with Crippen molar-refractivity contribution in [2.45, 2.75) is 46.8 Å². The highest BCUT2D eigenvalue weighted by molar-refractivity contribution is 7.20. The Morgan fingerprint density at radius 2 is 1.89 bits per heavy atom. The quantitative estimate of drug-likeness (QED) is 0.358. The SMILES string of the molecule is Cc1ccc(NC(=O)c2sc3ncn(C(C)C(=O)c4ccc5c(c4)NC(=O)C(C)O5)c(=O)c3c2C)c(C)c1.